The van der Waals surface area contributed by atoms with E-state index in [-0.39, 0.29) is 0 Å². The highest BCUT2D eigenvalue weighted by atomic mass is 32.1. The van der Waals surface area contributed by atoms with Crippen LogP contribution in [0.3, 0.4) is 0 Å². The van der Waals surface area contributed by atoms with Crippen molar-refractivity contribution in [3.63, 3.8) is 0 Å². The van der Waals surface area contributed by atoms with E-state index >= 15 is 0 Å². The molecule has 2 heterocycles. The Labute approximate surface area is 115 Å². The number of nitrogens with one attached hydrogen (secondary N) is 1. The predicted molar refractivity (Wildman–Crippen MR) is 80.3 cm³/mol. The summed E-state index contributed by atoms with van der Waals surface area (Å²) in [4.78, 5) is 2.66. The van der Waals surface area contributed by atoms with Gasteiger partial charge in [-0.2, -0.15) is 11.3 Å². The van der Waals surface area contributed by atoms with Crippen LogP contribution in [-0.2, 0) is 6.42 Å². The third kappa shape index (κ3) is 3.56. The van der Waals surface area contributed by atoms with E-state index in [4.69, 9.17) is 0 Å². The molecule has 1 aliphatic rings. The van der Waals surface area contributed by atoms with Crippen LogP contribution in [0.1, 0.15) is 32.8 Å². The zero-order chi connectivity index (χ0) is 13.0. The molecule has 0 aromatic carbocycles. The van der Waals surface area contributed by atoms with Crippen molar-refractivity contribution >= 4 is 11.3 Å². The third-order valence-electron chi connectivity index (χ3n) is 4.14. The van der Waals surface area contributed by atoms with E-state index < -0.39 is 0 Å². The molecule has 0 amide bonds. The van der Waals surface area contributed by atoms with Crippen LogP contribution in [0.5, 0.6) is 0 Å². The molecule has 102 valence electrons. The first kappa shape index (κ1) is 14.0. The second-order valence-corrected chi connectivity index (χ2v) is 6.39. The van der Waals surface area contributed by atoms with Crippen LogP contribution in [0.15, 0.2) is 16.8 Å². The Bertz CT molecular complexity index is 336. The fourth-order valence-corrected chi connectivity index (χ4v) is 3.70. The zero-order valence-corrected chi connectivity index (χ0v) is 12.7. The largest absolute Gasteiger partial charge is 0.314 e. The third-order valence-corrected chi connectivity index (χ3v) is 4.87. The van der Waals surface area contributed by atoms with Gasteiger partial charge in [0.2, 0.25) is 0 Å². The zero-order valence-electron chi connectivity index (χ0n) is 11.9. The van der Waals surface area contributed by atoms with Crippen molar-refractivity contribution in [1.82, 2.24) is 10.2 Å². The van der Waals surface area contributed by atoms with Crippen molar-refractivity contribution in [3.8, 4) is 0 Å². The highest BCUT2D eigenvalue weighted by Crippen LogP contribution is 2.21. The molecule has 3 heteroatoms. The molecule has 0 saturated carbocycles. The number of thiophene rings is 1. The quantitative estimate of drug-likeness (QED) is 0.881. The molecule has 1 N–H and O–H groups in total. The minimum Gasteiger partial charge on any atom is -0.314 e. The maximum Gasteiger partial charge on any atom is 0.0117 e. The van der Waals surface area contributed by atoms with Crippen LogP contribution in [0, 0.1) is 5.92 Å². The Kier molecular flexibility index (Phi) is 5.22. The van der Waals surface area contributed by atoms with Crippen molar-refractivity contribution in [3.05, 3.63) is 22.4 Å². The maximum absolute atomic E-state index is 3.61. The molecule has 1 aliphatic heterocycles. The first-order valence-corrected chi connectivity index (χ1v) is 8.13. The Morgan fingerprint density at radius 2 is 2.39 bits per heavy atom. The summed E-state index contributed by atoms with van der Waals surface area (Å²) in [6, 6.07) is 3.65. The van der Waals surface area contributed by atoms with Gasteiger partial charge in [-0.3, -0.25) is 4.90 Å². The van der Waals surface area contributed by atoms with Crippen molar-refractivity contribution < 1.29 is 0 Å². The van der Waals surface area contributed by atoms with Crippen molar-refractivity contribution in [1.29, 1.82) is 0 Å². The second kappa shape index (κ2) is 6.69. The molecule has 18 heavy (non-hydrogen) atoms. The van der Waals surface area contributed by atoms with Crippen LogP contribution in [0.4, 0.5) is 0 Å². The van der Waals surface area contributed by atoms with Gasteiger partial charge in [-0.05, 0) is 61.2 Å². The van der Waals surface area contributed by atoms with Gasteiger partial charge in [0.25, 0.3) is 0 Å². The van der Waals surface area contributed by atoms with Gasteiger partial charge in [0.1, 0.15) is 0 Å². The molecule has 1 saturated heterocycles. The topological polar surface area (TPSA) is 15.3 Å². The number of piperidine rings is 1. The molecule has 0 bridgehead atoms. The SMILES string of the molecule is CCNC1CCN(C(C)Cc2ccsc2)CC1C. The van der Waals surface area contributed by atoms with E-state index in [0.29, 0.717) is 6.04 Å². The van der Waals surface area contributed by atoms with Crippen LogP contribution < -0.4 is 5.32 Å². The van der Waals surface area contributed by atoms with E-state index in [1.165, 1.54) is 31.5 Å². The summed E-state index contributed by atoms with van der Waals surface area (Å²) in [5, 5.41) is 8.08. The molecular formula is C15H26N2S. The minimum atomic E-state index is 0.671. The summed E-state index contributed by atoms with van der Waals surface area (Å²) < 4.78 is 0. The monoisotopic (exact) mass is 266 g/mol. The minimum absolute atomic E-state index is 0.671. The van der Waals surface area contributed by atoms with E-state index in [2.05, 4.69) is 47.8 Å². The summed E-state index contributed by atoms with van der Waals surface area (Å²) in [5.74, 6) is 0.767. The average Bonchev–Trinajstić information content (AvgIpc) is 2.84. The standard InChI is InChI=1S/C15H26N2S/c1-4-16-15-5-7-17(10-12(15)2)13(3)9-14-6-8-18-11-14/h6,8,11-13,15-16H,4-5,7,9-10H2,1-3H3. The van der Waals surface area contributed by atoms with Crippen LogP contribution in [-0.4, -0.2) is 36.6 Å². The van der Waals surface area contributed by atoms with Gasteiger partial charge in [0.05, 0.1) is 0 Å². The van der Waals surface area contributed by atoms with Gasteiger partial charge in [0, 0.05) is 18.6 Å². The summed E-state index contributed by atoms with van der Waals surface area (Å²) in [6.07, 6.45) is 2.49. The Balaban J connectivity index is 1.84. The van der Waals surface area contributed by atoms with Gasteiger partial charge < -0.3 is 5.32 Å². The lowest BCUT2D eigenvalue weighted by atomic mass is 9.92. The lowest BCUT2D eigenvalue weighted by Crippen LogP contribution is -2.51. The Morgan fingerprint density at radius 1 is 1.56 bits per heavy atom. The van der Waals surface area contributed by atoms with E-state index in [1.54, 1.807) is 0 Å². The number of hydrogen-bond acceptors (Lipinski definition) is 3. The first-order chi connectivity index (χ1) is 8.70. The van der Waals surface area contributed by atoms with Gasteiger partial charge in [-0.15, -0.1) is 0 Å². The molecule has 1 fully saturated rings. The van der Waals surface area contributed by atoms with Crippen molar-refractivity contribution in [2.75, 3.05) is 19.6 Å². The molecule has 2 rings (SSSR count). The molecule has 0 radical (unpaired) electrons. The fraction of sp³-hybridized carbons (Fsp3) is 0.733. The number of hydrogen-bond donors (Lipinski definition) is 1. The lowest BCUT2D eigenvalue weighted by Gasteiger charge is -2.40. The van der Waals surface area contributed by atoms with Crippen LogP contribution in [0.2, 0.25) is 0 Å². The highest BCUT2D eigenvalue weighted by molar-refractivity contribution is 7.07. The van der Waals surface area contributed by atoms with Crippen LogP contribution >= 0.6 is 11.3 Å². The normalized spacial score (nSPS) is 27.3. The highest BCUT2D eigenvalue weighted by Gasteiger charge is 2.27. The van der Waals surface area contributed by atoms with Gasteiger partial charge in [-0.1, -0.05) is 13.8 Å². The molecule has 3 unspecified atom stereocenters. The van der Waals surface area contributed by atoms with Gasteiger partial charge >= 0.3 is 0 Å². The van der Waals surface area contributed by atoms with Crippen molar-refractivity contribution in [2.45, 2.75) is 45.7 Å². The van der Waals surface area contributed by atoms with E-state index in [0.717, 1.165) is 18.5 Å². The average molecular weight is 266 g/mol. The molecular weight excluding hydrogens is 240 g/mol. The maximum atomic E-state index is 3.61. The number of nitrogens with zero attached hydrogens (tertiary/aromatic N) is 1. The van der Waals surface area contributed by atoms with Crippen LogP contribution in [0.25, 0.3) is 0 Å². The molecule has 1 aromatic heterocycles. The van der Waals surface area contributed by atoms with Gasteiger partial charge in [0.15, 0.2) is 0 Å². The fourth-order valence-electron chi connectivity index (χ4n) is 3.02. The predicted octanol–water partition coefficient (Wildman–Crippen LogP) is 3.00. The second-order valence-electron chi connectivity index (χ2n) is 5.61. The molecule has 3 atom stereocenters. The lowest BCUT2D eigenvalue weighted by molar-refractivity contribution is 0.111. The number of likely N-dealkylation sites (tertiary alicyclic amines) is 1. The summed E-state index contributed by atoms with van der Waals surface area (Å²) in [5.41, 5.74) is 1.49. The van der Waals surface area contributed by atoms with Gasteiger partial charge in [-0.25, -0.2) is 0 Å². The number of rotatable bonds is 5. The van der Waals surface area contributed by atoms with E-state index in [9.17, 15) is 0 Å². The summed E-state index contributed by atoms with van der Waals surface area (Å²) >= 11 is 1.81. The Hall–Kier alpha value is -0.380. The summed E-state index contributed by atoms with van der Waals surface area (Å²) in [6.45, 7) is 10.5. The molecule has 0 aliphatic carbocycles. The van der Waals surface area contributed by atoms with E-state index in [1.807, 2.05) is 11.3 Å². The molecule has 2 nitrogen and oxygen atoms in total. The smallest absolute Gasteiger partial charge is 0.0117 e. The molecule has 0 spiro atoms. The van der Waals surface area contributed by atoms with Crippen molar-refractivity contribution in [2.24, 2.45) is 5.92 Å². The Morgan fingerprint density at radius 3 is 3.00 bits per heavy atom. The molecule has 1 aromatic rings. The summed E-state index contributed by atoms with van der Waals surface area (Å²) in [7, 11) is 0. The first-order valence-electron chi connectivity index (χ1n) is 7.19.